The number of benzene rings is 2. The monoisotopic (exact) mass is 733 g/mol. The van der Waals surface area contributed by atoms with E-state index in [1.165, 1.54) is 46.2 Å². The topological polar surface area (TPSA) is 164 Å². The average molecular weight is 734 g/mol. The molecule has 4 aromatic rings. The maximum absolute atomic E-state index is 11.9. The van der Waals surface area contributed by atoms with Crippen LogP contribution in [-0.2, 0) is 36.0 Å². The number of para-hydroxylation sites is 2. The molecule has 1 radical (unpaired) electrons. The Hall–Kier alpha value is -2.69. The molecule has 2 N–H and O–H groups in total. The van der Waals surface area contributed by atoms with Gasteiger partial charge in [0.2, 0.25) is 11.8 Å². The Kier molecular flexibility index (Phi) is 17.5. The molecule has 2 atom stereocenters. The molecule has 45 heavy (non-hydrogen) atoms. The Morgan fingerprint density at radius 2 is 1.09 bits per heavy atom. The number of carbonyl (C=O) groups is 4. The van der Waals surface area contributed by atoms with Gasteiger partial charge in [0.15, 0.2) is 8.68 Å². The van der Waals surface area contributed by atoms with Gasteiger partial charge in [-0.3, -0.25) is 9.59 Å². The third-order valence-electron chi connectivity index (χ3n) is 6.16. The number of aliphatic carboxylic acids is 2. The zero-order valence-corrected chi connectivity index (χ0v) is 29.0. The molecule has 0 saturated heterocycles. The number of hydrogen-bond acceptors (Lipinski definition) is 12. The van der Waals surface area contributed by atoms with Crippen molar-refractivity contribution in [3.05, 3.63) is 48.5 Å². The first-order valence-corrected chi connectivity index (χ1v) is 17.8. The minimum Gasteiger partial charge on any atom is -0.549 e. The SMILES string of the molecule is CCCCNC(=O)C(CSc1nc2ccccc2s1)C(=O)[O-].CCCCNC(=O)C(CSc1nc2ccccc2s1)C(=O)[O-].[Co+2]. The van der Waals surface area contributed by atoms with Gasteiger partial charge in [0.05, 0.1) is 44.2 Å². The van der Waals surface area contributed by atoms with E-state index in [0.29, 0.717) is 13.1 Å². The second-order valence-electron chi connectivity index (χ2n) is 9.55. The maximum atomic E-state index is 11.9. The quantitative estimate of drug-likeness (QED) is 0.0992. The van der Waals surface area contributed by atoms with E-state index in [1.807, 2.05) is 62.4 Å². The van der Waals surface area contributed by atoms with Crippen molar-refractivity contribution in [1.29, 1.82) is 0 Å². The third kappa shape index (κ3) is 12.6. The second-order valence-corrected chi connectivity index (χ2v) is 14.1. The standard InChI is InChI=1S/2C15H18N2O3S2.Co/c2*1-2-3-8-16-13(18)10(14(19)20)9-21-15-17-11-6-4-5-7-12(11)22-15;/h2*4-7,10H,2-3,8-9H2,1H3,(H,16,18)(H,19,20);/q;;+2/p-2. The van der Waals surface area contributed by atoms with E-state index in [1.54, 1.807) is 0 Å². The largest absolute Gasteiger partial charge is 2.00 e. The van der Waals surface area contributed by atoms with Crippen LogP contribution in [0, 0.1) is 11.8 Å². The van der Waals surface area contributed by atoms with Gasteiger partial charge in [-0.15, -0.1) is 22.7 Å². The minimum absolute atomic E-state index is 0. The number of carbonyl (C=O) groups excluding carboxylic acids is 4. The number of carboxylic acid groups (broad SMARTS) is 2. The van der Waals surface area contributed by atoms with Crippen LogP contribution in [-0.4, -0.2) is 58.3 Å². The van der Waals surface area contributed by atoms with Crippen LogP contribution in [0.3, 0.4) is 0 Å². The fraction of sp³-hybridized carbons (Fsp3) is 0.400. The molecule has 0 aliphatic rings. The average Bonchev–Trinajstić information content (AvgIpc) is 3.61. The van der Waals surface area contributed by atoms with Gasteiger partial charge in [0.25, 0.3) is 0 Å². The van der Waals surface area contributed by atoms with Crippen molar-refractivity contribution in [3.8, 4) is 0 Å². The fourth-order valence-electron chi connectivity index (χ4n) is 3.66. The summed E-state index contributed by atoms with van der Waals surface area (Å²) in [5.41, 5.74) is 1.76. The summed E-state index contributed by atoms with van der Waals surface area (Å²) in [5, 5.41) is 27.6. The number of amides is 2. The number of nitrogens with zero attached hydrogens (tertiary/aromatic N) is 2. The van der Waals surface area contributed by atoms with E-state index in [4.69, 9.17) is 0 Å². The van der Waals surface area contributed by atoms with Crippen LogP contribution in [0.5, 0.6) is 0 Å². The van der Waals surface area contributed by atoms with Gasteiger partial charge in [-0.25, -0.2) is 9.97 Å². The summed E-state index contributed by atoms with van der Waals surface area (Å²) in [6, 6.07) is 15.4. The number of thioether (sulfide) groups is 2. The summed E-state index contributed by atoms with van der Waals surface area (Å²) in [7, 11) is 0. The first-order chi connectivity index (χ1) is 21.2. The summed E-state index contributed by atoms with van der Waals surface area (Å²) in [5.74, 6) is -5.72. The van der Waals surface area contributed by atoms with Crippen molar-refractivity contribution in [2.24, 2.45) is 11.8 Å². The number of thiazole rings is 2. The minimum atomic E-state index is -1.34. The molecule has 243 valence electrons. The van der Waals surface area contributed by atoms with E-state index in [9.17, 15) is 29.4 Å². The van der Waals surface area contributed by atoms with E-state index >= 15 is 0 Å². The first-order valence-electron chi connectivity index (χ1n) is 14.2. The molecule has 0 bridgehead atoms. The first kappa shape index (κ1) is 38.5. The van der Waals surface area contributed by atoms with Gasteiger partial charge in [-0.1, -0.05) is 74.5 Å². The van der Waals surface area contributed by atoms with Crippen molar-refractivity contribution in [1.82, 2.24) is 20.6 Å². The van der Waals surface area contributed by atoms with Crippen molar-refractivity contribution >= 4 is 90.4 Å². The number of aromatic nitrogens is 2. The maximum Gasteiger partial charge on any atom is 2.00 e. The summed E-state index contributed by atoms with van der Waals surface area (Å²) < 4.78 is 3.60. The van der Waals surface area contributed by atoms with Crippen molar-refractivity contribution in [2.75, 3.05) is 24.6 Å². The summed E-state index contributed by atoms with van der Waals surface area (Å²) >= 11 is 5.53. The van der Waals surface area contributed by atoms with E-state index < -0.39 is 35.6 Å². The number of carboxylic acids is 2. The molecule has 4 rings (SSSR count). The zero-order chi connectivity index (χ0) is 31.9. The molecular weight excluding hydrogens is 700 g/mol. The van der Waals surface area contributed by atoms with Crippen LogP contribution in [0.1, 0.15) is 39.5 Å². The van der Waals surface area contributed by atoms with Crippen molar-refractivity contribution < 1.29 is 46.2 Å². The molecule has 2 aromatic heterocycles. The Morgan fingerprint density at radius 3 is 1.42 bits per heavy atom. The van der Waals surface area contributed by atoms with Gasteiger partial charge in [-0.05, 0) is 37.1 Å². The van der Waals surface area contributed by atoms with Crippen LogP contribution < -0.4 is 20.8 Å². The van der Waals surface area contributed by atoms with Crippen molar-refractivity contribution in [3.63, 3.8) is 0 Å². The predicted octanol–water partition coefficient (Wildman–Crippen LogP) is 3.34. The molecular formula is C30H34CoN4O6S4. The van der Waals surface area contributed by atoms with Crippen LogP contribution in [0.15, 0.2) is 57.2 Å². The number of nitrogens with one attached hydrogen (secondary N) is 2. The number of rotatable bonds is 16. The molecule has 2 amide bonds. The summed E-state index contributed by atoms with van der Waals surface area (Å²) in [6.07, 6.45) is 3.54. The van der Waals surface area contributed by atoms with E-state index in [2.05, 4.69) is 20.6 Å². The number of fused-ring (bicyclic) bond motifs is 2. The second kappa shape index (κ2) is 20.4. The molecule has 10 nitrogen and oxygen atoms in total. The molecule has 0 fully saturated rings. The van der Waals surface area contributed by atoms with Crippen LogP contribution >= 0.6 is 46.2 Å². The fourth-order valence-corrected chi connectivity index (χ4v) is 7.99. The molecule has 15 heteroatoms. The van der Waals surface area contributed by atoms with Gasteiger partial charge < -0.3 is 30.4 Å². The Balaban J connectivity index is 0.000000307. The van der Waals surface area contributed by atoms with E-state index in [0.717, 1.165) is 54.8 Å². The molecule has 2 unspecified atom stereocenters. The third-order valence-corrected chi connectivity index (χ3v) is 10.7. The molecule has 0 saturated carbocycles. The van der Waals surface area contributed by atoms with Gasteiger partial charge in [0, 0.05) is 24.6 Å². The van der Waals surface area contributed by atoms with Crippen LogP contribution in [0.4, 0.5) is 0 Å². The van der Waals surface area contributed by atoms with Crippen LogP contribution in [0.2, 0.25) is 0 Å². The van der Waals surface area contributed by atoms with Crippen molar-refractivity contribution in [2.45, 2.75) is 48.2 Å². The van der Waals surface area contributed by atoms with Gasteiger partial charge in [-0.2, -0.15) is 0 Å². The molecule has 2 heterocycles. The Bertz CT molecular complexity index is 1370. The predicted molar refractivity (Wildman–Crippen MR) is 174 cm³/mol. The molecule has 0 aliphatic carbocycles. The molecule has 2 aromatic carbocycles. The van der Waals surface area contributed by atoms with Gasteiger partial charge >= 0.3 is 16.8 Å². The van der Waals surface area contributed by atoms with Crippen LogP contribution in [0.25, 0.3) is 20.4 Å². The number of unbranched alkanes of at least 4 members (excludes halogenated alkanes) is 2. The smallest absolute Gasteiger partial charge is 0.549 e. The zero-order valence-electron chi connectivity index (χ0n) is 24.7. The number of hydrogen-bond donors (Lipinski definition) is 2. The van der Waals surface area contributed by atoms with E-state index in [-0.39, 0.29) is 28.3 Å². The molecule has 0 spiro atoms. The summed E-state index contributed by atoms with van der Waals surface area (Å²) in [4.78, 5) is 54.9. The normalized spacial score (nSPS) is 12.0. The summed E-state index contributed by atoms with van der Waals surface area (Å²) in [6.45, 7) is 4.99. The Morgan fingerprint density at radius 1 is 0.711 bits per heavy atom. The molecule has 0 aliphatic heterocycles. The van der Waals surface area contributed by atoms with Gasteiger partial charge in [0.1, 0.15) is 0 Å². The Labute approximate surface area is 288 Å².